The van der Waals surface area contributed by atoms with Gasteiger partial charge in [0.05, 0.1) is 0 Å². The van der Waals surface area contributed by atoms with Crippen molar-refractivity contribution in [1.82, 2.24) is 0 Å². The number of rotatable bonds is 4. The summed E-state index contributed by atoms with van der Waals surface area (Å²) in [4.78, 5) is 0. The molecule has 4 heteroatoms. The topological polar surface area (TPSA) is 80.9 Å². The van der Waals surface area contributed by atoms with Gasteiger partial charge in [-0.3, -0.25) is 0 Å². The molecule has 0 radical (unpaired) electrons. The Labute approximate surface area is 362 Å². The lowest BCUT2D eigenvalue weighted by molar-refractivity contribution is 0.465. The molecular formula is C55H80O4. The van der Waals surface area contributed by atoms with E-state index in [0.717, 1.165) is 35.1 Å². The monoisotopic (exact) mass is 805 g/mol. The van der Waals surface area contributed by atoms with Gasteiger partial charge in [-0.15, -0.1) is 36.8 Å². The van der Waals surface area contributed by atoms with Crippen LogP contribution in [0.15, 0.2) is 97.1 Å². The van der Waals surface area contributed by atoms with E-state index in [1.54, 1.807) is 24.3 Å². The fourth-order valence-electron chi connectivity index (χ4n) is 4.87. The lowest BCUT2D eigenvalue weighted by Gasteiger charge is -2.28. The van der Waals surface area contributed by atoms with Crippen LogP contribution in [-0.4, -0.2) is 20.4 Å². The molecule has 0 amide bonds. The molecule has 0 aliphatic heterocycles. The van der Waals surface area contributed by atoms with Gasteiger partial charge in [0.2, 0.25) is 0 Å². The number of hydrogen-bond donors (Lipinski definition) is 4. The minimum Gasteiger partial charge on any atom is -0.508 e. The molecule has 0 aliphatic carbocycles. The molecule has 0 aliphatic rings. The van der Waals surface area contributed by atoms with Crippen molar-refractivity contribution in [3.8, 4) is 46.7 Å². The van der Waals surface area contributed by atoms with Gasteiger partial charge in [-0.1, -0.05) is 115 Å². The van der Waals surface area contributed by atoms with Crippen molar-refractivity contribution in [1.29, 1.82) is 0 Å². The smallest absolute Gasteiger partial charge is 0.121 e. The van der Waals surface area contributed by atoms with Crippen LogP contribution in [0.4, 0.5) is 0 Å². The highest BCUT2D eigenvalue weighted by molar-refractivity contribution is 5.51. The van der Waals surface area contributed by atoms with E-state index in [1.165, 1.54) is 33.4 Å². The Morgan fingerprint density at radius 1 is 0.525 bits per heavy atom. The van der Waals surface area contributed by atoms with Gasteiger partial charge in [0, 0.05) is 18.3 Å². The molecule has 0 bridgehead atoms. The largest absolute Gasteiger partial charge is 0.508 e. The summed E-state index contributed by atoms with van der Waals surface area (Å²) < 4.78 is 0. The maximum absolute atomic E-state index is 9.96. The molecule has 4 N–H and O–H groups in total. The van der Waals surface area contributed by atoms with Crippen LogP contribution in [0.25, 0.3) is 0 Å². The van der Waals surface area contributed by atoms with E-state index >= 15 is 0 Å². The molecule has 4 nitrogen and oxygen atoms in total. The lowest BCUT2D eigenvalue weighted by Crippen LogP contribution is -2.19. The standard InChI is InChI=1S/C19H24O2.2C9H12O.2C5H8.2C4H8/c1-11-7-15(8-12(2)17(11)20)19(5,6)16-9-13(3)18(21)14(4)10-16;2*1-7(2)8-3-5-9(10)6-4-8;2*1-3-5-4-2;2*1-4(2)3/h7-10,20-21H,1-6H3;2*3-7,10H,1-2H3;2*3H2,1-2H3;2*1H2,2-3H3. The van der Waals surface area contributed by atoms with Crippen molar-refractivity contribution >= 4 is 0 Å². The van der Waals surface area contributed by atoms with E-state index in [9.17, 15) is 10.2 Å². The van der Waals surface area contributed by atoms with Crippen molar-refractivity contribution in [2.75, 3.05) is 0 Å². The maximum atomic E-state index is 9.96. The van der Waals surface area contributed by atoms with E-state index in [0.29, 0.717) is 34.8 Å². The summed E-state index contributed by atoms with van der Waals surface area (Å²) in [5.41, 5.74) is 10.6. The molecule has 0 saturated heterocycles. The quantitative estimate of drug-likeness (QED) is 0.122. The summed E-state index contributed by atoms with van der Waals surface area (Å²) in [5, 5.41) is 37.8. The number of allylic oxidation sites excluding steroid dienone is 2. The number of phenolic OH excluding ortho intramolecular Hbond substituents is 4. The van der Waals surface area contributed by atoms with Gasteiger partial charge in [0.25, 0.3) is 0 Å². The van der Waals surface area contributed by atoms with Crippen molar-refractivity contribution in [2.24, 2.45) is 0 Å². The molecule has 0 saturated carbocycles. The molecule has 4 rings (SSSR count). The van der Waals surface area contributed by atoms with E-state index in [2.05, 4.69) is 78.4 Å². The first-order valence-corrected chi connectivity index (χ1v) is 20.6. The molecule has 59 heavy (non-hydrogen) atoms. The summed E-state index contributed by atoms with van der Waals surface area (Å²) in [6, 6.07) is 22.8. The molecule has 0 spiro atoms. The predicted molar refractivity (Wildman–Crippen MR) is 260 cm³/mol. The molecule has 0 unspecified atom stereocenters. The van der Waals surface area contributed by atoms with Gasteiger partial charge in [-0.05, 0) is 150 Å². The third kappa shape index (κ3) is 27.1. The zero-order valence-corrected chi connectivity index (χ0v) is 40.2. The van der Waals surface area contributed by atoms with Gasteiger partial charge in [-0.25, -0.2) is 0 Å². The molecule has 0 heterocycles. The number of hydrogen-bond acceptors (Lipinski definition) is 4. The summed E-state index contributed by atoms with van der Waals surface area (Å²) in [7, 11) is 0. The first kappa shape index (κ1) is 58.0. The minimum absolute atomic E-state index is 0.188. The third-order valence-corrected chi connectivity index (χ3v) is 8.25. The SMILES string of the molecule is C=C(C)C.C=C(C)C.CC#CCC.CC#CCC.CC(C)c1ccc(O)cc1.CC(C)c1ccc(O)cc1.Cc1cc(C(C)(C)c2cc(C)c(O)c(C)c2)cc(C)c1O. The Morgan fingerprint density at radius 3 is 0.898 bits per heavy atom. The second-order valence-corrected chi connectivity index (χ2v) is 16.0. The summed E-state index contributed by atoms with van der Waals surface area (Å²) in [6.45, 7) is 43.3. The average Bonchev–Trinajstić information content (AvgIpc) is 3.14. The fraction of sp³-hybridized carbons (Fsp3) is 0.418. The van der Waals surface area contributed by atoms with Crippen LogP contribution < -0.4 is 0 Å². The van der Waals surface area contributed by atoms with Gasteiger partial charge < -0.3 is 20.4 Å². The number of phenols is 4. The van der Waals surface area contributed by atoms with Gasteiger partial charge in [0.15, 0.2) is 0 Å². The average molecular weight is 805 g/mol. The zero-order chi connectivity index (χ0) is 46.5. The van der Waals surface area contributed by atoms with Gasteiger partial charge in [0.1, 0.15) is 23.0 Å². The predicted octanol–water partition coefficient (Wildman–Crippen LogP) is 15.7. The Kier molecular flexibility index (Phi) is 31.1. The van der Waals surface area contributed by atoms with E-state index in [-0.39, 0.29) is 5.41 Å². The second kappa shape index (κ2) is 31.6. The van der Waals surface area contributed by atoms with Gasteiger partial charge in [-0.2, -0.15) is 0 Å². The first-order chi connectivity index (χ1) is 27.3. The zero-order valence-electron chi connectivity index (χ0n) is 40.2. The Balaban J connectivity index is -0.000000697. The van der Waals surface area contributed by atoms with E-state index in [4.69, 9.17) is 10.2 Å². The lowest BCUT2D eigenvalue weighted by atomic mass is 9.76. The van der Waals surface area contributed by atoms with E-state index in [1.807, 2.05) is 132 Å². The highest BCUT2D eigenvalue weighted by Gasteiger charge is 2.25. The first-order valence-electron chi connectivity index (χ1n) is 20.6. The van der Waals surface area contributed by atoms with Crippen molar-refractivity contribution in [3.05, 3.63) is 142 Å². The number of benzene rings is 4. The summed E-state index contributed by atoms with van der Waals surface area (Å²) in [6.07, 6.45) is 1.97. The van der Waals surface area contributed by atoms with Crippen molar-refractivity contribution in [2.45, 2.75) is 155 Å². The van der Waals surface area contributed by atoms with Crippen LogP contribution in [0.1, 0.15) is 166 Å². The minimum atomic E-state index is -0.188. The van der Waals surface area contributed by atoms with Crippen molar-refractivity contribution in [3.63, 3.8) is 0 Å². The molecule has 0 aromatic heterocycles. The van der Waals surface area contributed by atoms with Crippen LogP contribution in [0.5, 0.6) is 23.0 Å². The number of aromatic hydroxyl groups is 4. The van der Waals surface area contributed by atoms with Crippen LogP contribution in [-0.2, 0) is 5.41 Å². The molecule has 4 aromatic rings. The second-order valence-electron chi connectivity index (χ2n) is 16.0. The summed E-state index contributed by atoms with van der Waals surface area (Å²) in [5.74, 6) is 13.8. The van der Waals surface area contributed by atoms with Crippen LogP contribution in [0.3, 0.4) is 0 Å². The molecule has 324 valence electrons. The van der Waals surface area contributed by atoms with Crippen LogP contribution >= 0.6 is 0 Å². The summed E-state index contributed by atoms with van der Waals surface area (Å²) >= 11 is 0. The molecule has 0 fully saturated rings. The Morgan fingerprint density at radius 2 is 0.746 bits per heavy atom. The van der Waals surface area contributed by atoms with E-state index < -0.39 is 0 Å². The van der Waals surface area contributed by atoms with Gasteiger partial charge >= 0.3 is 0 Å². The molecular weight excluding hydrogens is 725 g/mol. The highest BCUT2D eigenvalue weighted by Crippen LogP contribution is 2.38. The molecule has 4 aromatic carbocycles. The van der Waals surface area contributed by atoms with Crippen molar-refractivity contribution < 1.29 is 20.4 Å². The fourth-order valence-corrected chi connectivity index (χ4v) is 4.87. The normalized spacial score (nSPS) is 9.42. The molecule has 0 atom stereocenters. The van der Waals surface area contributed by atoms with Crippen LogP contribution in [0, 0.1) is 51.4 Å². The highest BCUT2D eigenvalue weighted by atomic mass is 16.3. The third-order valence-electron chi connectivity index (χ3n) is 8.25. The van der Waals surface area contributed by atoms with Crippen LogP contribution in [0.2, 0.25) is 0 Å². The maximum Gasteiger partial charge on any atom is 0.121 e. The Bertz CT molecular complexity index is 1720. The Hall–Kier alpha value is -5.32. The number of aryl methyl sites for hydroxylation is 4.